The van der Waals surface area contributed by atoms with Gasteiger partial charge in [0.1, 0.15) is 6.61 Å². The normalized spacial score (nSPS) is 15.9. The van der Waals surface area contributed by atoms with Crippen molar-refractivity contribution >= 4 is 63.0 Å². The van der Waals surface area contributed by atoms with Gasteiger partial charge in [-0.1, -0.05) is 13.8 Å². The van der Waals surface area contributed by atoms with E-state index in [1.54, 1.807) is 25.1 Å². The molecule has 0 fully saturated rings. The maximum absolute atomic E-state index is 15.0. The Hall–Kier alpha value is -5.60. The molecule has 68 heavy (non-hydrogen) atoms. The van der Waals surface area contributed by atoms with Crippen LogP contribution in [0, 0.1) is 13.8 Å². The molecule has 0 saturated carbocycles. The average Bonchev–Trinajstić information content (AvgIpc) is 4.00. The van der Waals surface area contributed by atoms with Gasteiger partial charge in [0.15, 0.2) is 0 Å². The Morgan fingerprint density at radius 1 is 0.838 bits per heavy atom. The molecule has 6 rings (SSSR count). The second kappa shape index (κ2) is 24.6. The van der Waals surface area contributed by atoms with Gasteiger partial charge in [-0.25, -0.2) is 9.78 Å². The first-order chi connectivity index (χ1) is 32.8. The van der Waals surface area contributed by atoms with Gasteiger partial charge in [-0.2, -0.15) is 0 Å². The topological polar surface area (TPSA) is 234 Å². The van der Waals surface area contributed by atoms with Crippen LogP contribution in [0.4, 0.5) is 0 Å². The molecule has 0 unspecified atom stereocenters. The van der Waals surface area contributed by atoms with Crippen LogP contribution >= 0.6 is 0 Å². The van der Waals surface area contributed by atoms with E-state index in [-0.39, 0.29) is 76.6 Å². The van der Waals surface area contributed by atoms with Crippen LogP contribution in [0.2, 0.25) is 0 Å². The van der Waals surface area contributed by atoms with Crippen LogP contribution < -0.4 is 5.73 Å². The van der Waals surface area contributed by atoms with E-state index in [1.807, 2.05) is 45.9 Å². The first-order valence-corrected chi connectivity index (χ1v) is 23.4. The summed E-state index contributed by atoms with van der Waals surface area (Å²) in [4.78, 5) is 76.2. The smallest absolute Gasteiger partial charge is 0.330 e. The third-order valence-corrected chi connectivity index (χ3v) is 12.6. The molecule has 0 aromatic carbocycles. The van der Waals surface area contributed by atoms with E-state index in [0.29, 0.717) is 97.1 Å². The number of aryl methyl sites for hydroxylation is 2. The number of aromatic amines is 2. The highest BCUT2D eigenvalue weighted by Crippen LogP contribution is 2.44. The Balaban J connectivity index is 1.49. The minimum atomic E-state index is -0.532. The molecule has 18 nitrogen and oxygen atoms in total. The first kappa shape index (κ1) is 51.8. The number of fused-ring (bicyclic) bond motifs is 8. The van der Waals surface area contributed by atoms with E-state index >= 15 is 0 Å². The second-order valence-corrected chi connectivity index (χ2v) is 16.9. The lowest BCUT2D eigenvalue weighted by Gasteiger charge is -2.27. The van der Waals surface area contributed by atoms with Gasteiger partial charge in [-0.3, -0.25) is 24.3 Å². The van der Waals surface area contributed by atoms with Gasteiger partial charge in [0.05, 0.1) is 106 Å². The summed E-state index contributed by atoms with van der Waals surface area (Å²) in [6, 6.07) is 5.85. The predicted octanol–water partition coefficient (Wildman–Crippen LogP) is 5.21. The third kappa shape index (κ3) is 12.0. The lowest BCUT2D eigenvalue weighted by Crippen LogP contribution is -2.43. The molecule has 3 amide bonds. The number of ether oxygens (including phenoxy) is 6. The monoisotopic (exact) mass is 941 g/mol. The zero-order valence-corrected chi connectivity index (χ0v) is 40.5. The minimum absolute atomic E-state index is 0.0290. The maximum atomic E-state index is 15.0. The number of aliphatic hydroxyl groups is 1. The highest BCUT2D eigenvalue weighted by molar-refractivity contribution is 6.23. The van der Waals surface area contributed by atoms with E-state index < -0.39 is 23.7 Å². The zero-order valence-electron chi connectivity index (χ0n) is 40.5. The van der Waals surface area contributed by atoms with Crippen molar-refractivity contribution in [1.29, 1.82) is 0 Å². The number of aromatic nitrogens is 4. The quantitative estimate of drug-likeness (QED) is 0.0370. The van der Waals surface area contributed by atoms with Gasteiger partial charge in [0.2, 0.25) is 5.91 Å². The van der Waals surface area contributed by atoms with Crippen LogP contribution in [0.25, 0.3) is 39.3 Å². The average molecular weight is 942 g/mol. The molecule has 368 valence electrons. The molecule has 3 aromatic rings. The minimum Gasteiger partial charge on any atom is -0.460 e. The summed E-state index contributed by atoms with van der Waals surface area (Å²) in [5, 5.41) is 9.06. The molecule has 18 heteroatoms. The van der Waals surface area contributed by atoms with Crippen LogP contribution in [0.15, 0.2) is 24.3 Å². The molecule has 3 aliphatic heterocycles. The SMILES string of the molecule is CCC1=C(C)c2cc3[nH]c(cc4nc(c5c6[nH]c(cc1n2)c(C)c6C(=O)N(CCOCCOCCO)C5=O)[C@@H](CCC(=O)N(C)CCN)[C@@H]4C)c(C)c3/C=C/C(=O)OCCOCCOCCOC. The zero-order chi connectivity index (χ0) is 48.9. The van der Waals surface area contributed by atoms with Crippen molar-refractivity contribution in [2.75, 3.05) is 106 Å². The Labute approximate surface area is 397 Å². The number of rotatable bonds is 25. The van der Waals surface area contributed by atoms with Gasteiger partial charge in [0, 0.05) is 79.4 Å². The maximum Gasteiger partial charge on any atom is 0.330 e. The predicted molar refractivity (Wildman–Crippen MR) is 258 cm³/mol. The summed E-state index contributed by atoms with van der Waals surface area (Å²) in [7, 11) is 3.33. The van der Waals surface area contributed by atoms with Crippen LogP contribution in [-0.4, -0.2) is 165 Å². The summed E-state index contributed by atoms with van der Waals surface area (Å²) in [6.45, 7) is 13.2. The number of esters is 1. The number of allylic oxidation sites excluding steroid dienone is 2. The van der Waals surface area contributed by atoms with Crippen molar-refractivity contribution in [2.24, 2.45) is 5.73 Å². The molecule has 3 aliphatic rings. The molecular weight excluding hydrogens is 875 g/mol. The summed E-state index contributed by atoms with van der Waals surface area (Å²) in [5.41, 5.74) is 15.6. The number of likely N-dealkylation sites (N-methyl/N-ethyl adjacent to an activating group) is 1. The third-order valence-electron chi connectivity index (χ3n) is 12.6. The summed E-state index contributed by atoms with van der Waals surface area (Å²) < 4.78 is 32.5. The largest absolute Gasteiger partial charge is 0.460 e. The highest BCUT2D eigenvalue weighted by Gasteiger charge is 2.41. The molecule has 0 radical (unpaired) electrons. The number of aliphatic hydroxyl groups excluding tert-OH is 1. The number of H-pyrrole nitrogens is 2. The van der Waals surface area contributed by atoms with Gasteiger partial charge < -0.3 is 54.1 Å². The summed E-state index contributed by atoms with van der Waals surface area (Å²) in [6.07, 6.45) is 4.33. The van der Waals surface area contributed by atoms with E-state index in [4.69, 9.17) is 49.2 Å². The number of nitrogens with zero attached hydrogens (tertiary/aromatic N) is 4. The van der Waals surface area contributed by atoms with Gasteiger partial charge in [-0.05, 0) is 80.2 Å². The number of carbonyl (C=O) groups is 4. The number of hydrogen-bond acceptors (Lipinski definition) is 14. The van der Waals surface area contributed by atoms with Crippen molar-refractivity contribution in [2.45, 2.75) is 65.7 Å². The van der Waals surface area contributed by atoms with Crippen molar-refractivity contribution < 1.29 is 52.7 Å². The van der Waals surface area contributed by atoms with Crippen LogP contribution in [-0.2, 0) is 38.0 Å². The van der Waals surface area contributed by atoms with E-state index in [9.17, 15) is 19.2 Å². The number of methoxy groups -OCH3 is 1. The molecule has 0 spiro atoms. The fourth-order valence-corrected chi connectivity index (χ4v) is 8.76. The molecule has 6 heterocycles. The number of nitrogens with one attached hydrogen (secondary N) is 2. The molecular formula is C50H67N7O11. The van der Waals surface area contributed by atoms with Crippen molar-refractivity contribution in [3.05, 3.63) is 74.9 Å². The molecule has 0 aliphatic carbocycles. The molecule has 8 bridgehead atoms. The van der Waals surface area contributed by atoms with Crippen molar-refractivity contribution in [3.63, 3.8) is 0 Å². The Morgan fingerprint density at radius 2 is 1.49 bits per heavy atom. The Kier molecular flexibility index (Phi) is 18.7. The number of amides is 3. The fourth-order valence-electron chi connectivity index (χ4n) is 8.76. The van der Waals surface area contributed by atoms with Crippen LogP contribution in [0.1, 0.15) is 112 Å². The van der Waals surface area contributed by atoms with Crippen LogP contribution in [0.5, 0.6) is 0 Å². The number of carbonyl (C=O) groups excluding carboxylic acids is 4. The molecule has 0 saturated heterocycles. The molecule has 5 N–H and O–H groups in total. The van der Waals surface area contributed by atoms with Gasteiger partial charge in [-0.15, -0.1) is 0 Å². The summed E-state index contributed by atoms with van der Waals surface area (Å²) in [5.74, 6) is -2.27. The number of imide groups is 1. The fraction of sp³-hybridized carbons (Fsp3) is 0.520. The lowest BCUT2D eigenvalue weighted by atomic mass is 9.84. The number of nitrogens with two attached hydrogens (primary N) is 1. The molecule has 3 aromatic heterocycles. The second-order valence-electron chi connectivity index (χ2n) is 16.9. The Morgan fingerprint density at radius 3 is 2.18 bits per heavy atom. The standard InChI is InChI=1S/C50H67N7O11/c1-8-34-30(2)38-28-42-35(10-12-44(60)68-26-25-67-24-23-66-20-19-63-7)31(3)37(53-42)27-39-32(4)36(9-11-43(59)56(6)14-13-51)47(54-39)46-48-45(33(5)40(55-48)29-41(34)52-38)49(61)57(50(46)62)15-17-64-21-22-65-18-16-58/h10,12,27-29,32,36,53,55,58H,8-9,11,13-26,51H2,1-7H3/b12-10+,37-27?,38-28?,39-27?,40-29?,41-29?,42-28?,47-46?/t32-,36-/m0/s1. The Bertz CT molecular complexity index is 2550. The van der Waals surface area contributed by atoms with Crippen LogP contribution in [0.3, 0.4) is 0 Å². The summed E-state index contributed by atoms with van der Waals surface area (Å²) >= 11 is 0. The van der Waals surface area contributed by atoms with E-state index in [2.05, 4.69) is 16.9 Å². The first-order valence-electron chi connectivity index (χ1n) is 23.4. The van der Waals surface area contributed by atoms with Gasteiger partial charge >= 0.3 is 5.97 Å². The lowest BCUT2D eigenvalue weighted by molar-refractivity contribution is -0.139. The van der Waals surface area contributed by atoms with Crippen molar-refractivity contribution in [3.8, 4) is 0 Å². The van der Waals surface area contributed by atoms with E-state index in [1.165, 1.54) is 11.0 Å². The van der Waals surface area contributed by atoms with Gasteiger partial charge in [0.25, 0.3) is 11.8 Å². The van der Waals surface area contributed by atoms with E-state index in [0.717, 1.165) is 33.5 Å². The van der Waals surface area contributed by atoms with Crippen molar-refractivity contribution in [1.82, 2.24) is 29.7 Å². The molecule has 2 atom stereocenters. The highest BCUT2D eigenvalue weighted by atomic mass is 16.6. The number of hydrogen-bond donors (Lipinski definition) is 4.